The van der Waals surface area contributed by atoms with Crippen molar-refractivity contribution in [3.63, 3.8) is 0 Å². The highest BCUT2D eigenvalue weighted by molar-refractivity contribution is 4.97. The normalized spacial score (nSPS) is 32.8. The van der Waals surface area contributed by atoms with E-state index in [4.69, 9.17) is 4.74 Å². The van der Waals surface area contributed by atoms with Crippen LogP contribution in [0.2, 0.25) is 0 Å². The van der Waals surface area contributed by atoms with Gasteiger partial charge in [0.05, 0.1) is 6.10 Å². The molecule has 2 aliphatic carbocycles. The SMILES string of the molecule is CCNC1C(OCC2CCCCC2)CCC1(C)C. The molecule has 0 aromatic heterocycles. The van der Waals surface area contributed by atoms with Crippen molar-refractivity contribution in [2.75, 3.05) is 13.2 Å². The molecule has 0 aromatic carbocycles. The molecule has 1 N–H and O–H groups in total. The number of rotatable bonds is 5. The quantitative estimate of drug-likeness (QED) is 0.805. The van der Waals surface area contributed by atoms with Crippen LogP contribution in [0, 0.1) is 11.3 Å². The molecule has 0 amide bonds. The summed E-state index contributed by atoms with van der Waals surface area (Å²) in [7, 11) is 0. The molecule has 0 spiro atoms. The molecule has 2 heteroatoms. The predicted molar refractivity (Wildman–Crippen MR) is 76.8 cm³/mol. The zero-order chi connectivity index (χ0) is 13.0. The summed E-state index contributed by atoms with van der Waals surface area (Å²) in [5.41, 5.74) is 0.396. The summed E-state index contributed by atoms with van der Waals surface area (Å²) in [5, 5.41) is 3.65. The van der Waals surface area contributed by atoms with E-state index in [0.717, 1.165) is 19.1 Å². The lowest BCUT2D eigenvalue weighted by molar-refractivity contribution is 0.000861. The fourth-order valence-electron chi connectivity index (χ4n) is 3.76. The summed E-state index contributed by atoms with van der Waals surface area (Å²) >= 11 is 0. The Bertz CT molecular complexity index is 245. The summed E-state index contributed by atoms with van der Waals surface area (Å²) in [4.78, 5) is 0. The lowest BCUT2D eigenvalue weighted by atomic mass is 9.87. The van der Waals surface area contributed by atoms with Gasteiger partial charge in [-0.05, 0) is 43.6 Å². The minimum atomic E-state index is 0.396. The van der Waals surface area contributed by atoms with Gasteiger partial charge in [0.1, 0.15) is 0 Å². The van der Waals surface area contributed by atoms with Crippen LogP contribution in [0.4, 0.5) is 0 Å². The Morgan fingerprint density at radius 3 is 2.50 bits per heavy atom. The van der Waals surface area contributed by atoms with Gasteiger partial charge < -0.3 is 10.1 Å². The molecule has 2 atom stereocenters. The first-order valence-electron chi connectivity index (χ1n) is 7.98. The average molecular weight is 253 g/mol. The number of ether oxygens (including phenoxy) is 1. The highest BCUT2D eigenvalue weighted by atomic mass is 16.5. The monoisotopic (exact) mass is 253 g/mol. The number of likely N-dealkylation sites (N-methyl/N-ethyl adjacent to an activating group) is 1. The molecule has 18 heavy (non-hydrogen) atoms. The van der Waals surface area contributed by atoms with Gasteiger partial charge in [-0.3, -0.25) is 0 Å². The standard InChI is InChI=1S/C16H31NO/c1-4-17-15-14(10-11-16(15,2)3)18-12-13-8-6-5-7-9-13/h13-15,17H,4-12H2,1-3H3. The molecule has 2 aliphatic rings. The molecule has 106 valence electrons. The first-order chi connectivity index (χ1) is 8.63. The van der Waals surface area contributed by atoms with Crippen molar-refractivity contribution in [3.05, 3.63) is 0 Å². The van der Waals surface area contributed by atoms with Gasteiger partial charge in [-0.25, -0.2) is 0 Å². The summed E-state index contributed by atoms with van der Waals surface area (Å²) in [6.45, 7) is 9.02. The lowest BCUT2D eigenvalue weighted by Crippen LogP contribution is -2.45. The molecule has 0 aromatic rings. The highest BCUT2D eigenvalue weighted by Crippen LogP contribution is 2.39. The number of hydrogen-bond acceptors (Lipinski definition) is 2. The molecule has 0 aliphatic heterocycles. The van der Waals surface area contributed by atoms with Crippen LogP contribution < -0.4 is 5.32 Å². The van der Waals surface area contributed by atoms with E-state index in [1.165, 1.54) is 44.9 Å². The van der Waals surface area contributed by atoms with Crippen LogP contribution in [0.5, 0.6) is 0 Å². The molecule has 2 unspecified atom stereocenters. The Morgan fingerprint density at radius 2 is 1.83 bits per heavy atom. The van der Waals surface area contributed by atoms with Gasteiger partial charge in [-0.2, -0.15) is 0 Å². The van der Waals surface area contributed by atoms with E-state index in [1.54, 1.807) is 0 Å². The number of hydrogen-bond donors (Lipinski definition) is 1. The van der Waals surface area contributed by atoms with Crippen LogP contribution in [-0.2, 0) is 4.74 Å². The minimum absolute atomic E-state index is 0.396. The van der Waals surface area contributed by atoms with Gasteiger partial charge in [0.2, 0.25) is 0 Å². The summed E-state index contributed by atoms with van der Waals surface area (Å²) < 4.78 is 6.28. The third kappa shape index (κ3) is 3.48. The van der Waals surface area contributed by atoms with Gasteiger partial charge >= 0.3 is 0 Å². The van der Waals surface area contributed by atoms with Crippen molar-refractivity contribution < 1.29 is 4.74 Å². The van der Waals surface area contributed by atoms with E-state index < -0.39 is 0 Å². The Kier molecular flexibility index (Phi) is 5.08. The van der Waals surface area contributed by atoms with Crippen molar-refractivity contribution in [1.29, 1.82) is 0 Å². The molecule has 2 rings (SSSR count). The van der Waals surface area contributed by atoms with E-state index in [1.807, 2.05) is 0 Å². The second-order valence-electron chi connectivity index (χ2n) is 6.94. The third-order valence-electron chi connectivity index (χ3n) is 4.98. The van der Waals surface area contributed by atoms with Crippen LogP contribution >= 0.6 is 0 Å². The Hall–Kier alpha value is -0.0800. The largest absolute Gasteiger partial charge is 0.376 e. The third-order valence-corrected chi connectivity index (χ3v) is 4.98. The second-order valence-corrected chi connectivity index (χ2v) is 6.94. The topological polar surface area (TPSA) is 21.3 Å². The Morgan fingerprint density at radius 1 is 1.11 bits per heavy atom. The van der Waals surface area contributed by atoms with Crippen molar-refractivity contribution in [1.82, 2.24) is 5.32 Å². The van der Waals surface area contributed by atoms with E-state index >= 15 is 0 Å². The highest BCUT2D eigenvalue weighted by Gasteiger charge is 2.42. The van der Waals surface area contributed by atoms with Gasteiger partial charge in [0.25, 0.3) is 0 Å². The molecule has 2 nitrogen and oxygen atoms in total. The first-order valence-corrected chi connectivity index (χ1v) is 7.98. The maximum absolute atomic E-state index is 6.28. The smallest absolute Gasteiger partial charge is 0.0733 e. The zero-order valence-electron chi connectivity index (χ0n) is 12.5. The Balaban J connectivity index is 1.80. The van der Waals surface area contributed by atoms with Crippen molar-refractivity contribution >= 4 is 0 Å². The maximum atomic E-state index is 6.28. The van der Waals surface area contributed by atoms with E-state index in [9.17, 15) is 0 Å². The van der Waals surface area contributed by atoms with Crippen LogP contribution in [-0.4, -0.2) is 25.3 Å². The van der Waals surface area contributed by atoms with Crippen LogP contribution in [0.25, 0.3) is 0 Å². The molecule has 2 saturated carbocycles. The summed E-state index contributed by atoms with van der Waals surface area (Å²) in [6, 6.07) is 0.547. The van der Waals surface area contributed by atoms with Gasteiger partial charge in [0.15, 0.2) is 0 Å². The van der Waals surface area contributed by atoms with E-state index in [0.29, 0.717) is 17.6 Å². The summed E-state index contributed by atoms with van der Waals surface area (Å²) in [6.07, 6.45) is 10.0. The molecule has 0 heterocycles. The first kappa shape index (κ1) is 14.3. The van der Waals surface area contributed by atoms with Crippen molar-refractivity contribution in [2.24, 2.45) is 11.3 Å². The van der Waals surface area contributed by atoms with Crippen LogP contribution in [0.3, 0.4) is 0 Å². The van der Waals surface area contributed by atoms with Gasteiger partial charge in [-0.1, -0.05) is 40.0 Å². The Labute approximate surface area is 113 Å². The second kappa shape index (κ2) is 6.38. The van der Waals surface area contributed by atoms with Gasteiger partial charge in [-0.15, -0.1) is 0 Å². The van der Waals surface area contributed by atoms with E-state index in [2.05, 4.69) is 26.1 Å². The summed E-state index contributed by atoms with van der Waals surface area (Å²) in [5.74, 6) is 0.838. The maximum Gasteiger partial charge on any atom is 0.0733 e. The van der Waals surface area contributed by atoms with Crippen molar-refractivity contribution in [3.8, 4) is 0 Å². The fraction of sp³-hybridized carbons (Fsp3) is 1.00. The van der Waals surface area contributed by atoms with Crippen LogP contribution in [0.1, 0.15) is 65.7 Å². The van der Waals surface area contributed by atoms with E-state index in [-0.39, 0.29) is 0 Å². The average Bonchev–Trinajstić information content (AvgIpc) is 2.65. The molecular formula is C16H31NO. The lowest BCUT2D eigenvalue weighted by Gasteiger charge is -2.32. The fourth-order valence-corrected chi connectivity index (χ4v) is 3.76. The molecule has 0 saturated heterocycles. The predicted octanol–water partition coefficient (Wildman–Crippen LogP) is 3.75. The number of nitrogens with one attached hydrogen (secondary N) is 1. The molecule has 0 bridgehead atoms. The minimum Gasteiger partial charge on any atom is -0.376 e. The molecular weight excluding hydrogens is 222 g/mol. The van der Waals surface area contributed by atoms with Gasteiger partial charge in [0, 0.05) is 12.6 Å². The van der Waals surface area contributed by atoms with Crippen molar-refractivity contribution in [2.45, 2.75) is 77.9 Å². The zero-order valence-corrected chi connectivity index (χ0v) is 12.5. The van der Waals surface area contributed by atoms with Crippen LogP contribution in [0.15, 0.2) is 0 Å². The molecule has 0 radical (unpaired) electrons. The molecule has 2 fully saturated rings.